The number of aryl methyl sites for hydroxylation is 1. The van der Waals surface area contributed by atoms with Gasteiger partial charge in [0.15, 0.2) is 0 Å². The number of halogens is 2. The first-order valence-corrected chi connectivity index (χ1v) is 7.39. The lowest BCUT2D eigenvalue weighted by molar-refractivity contribution is 0.262. The van der Waals surface area contributed by atoms with Crippen molar-refractivity contribution in [2.45, 2.75) is 46.7 Å². The Labute approximate surface area is 129 Å². The Balaban J connectivity index is 2.20. The summed E-state index contributed by atoms with van der Waals surface area (Å²) in [5.41, 5.74) is 0.204. The molecular formula is C16H22F2N4. The smallest absolute Gasteiger partial charge is 0.150 e. The molecule has 0 aliphatic carbocycles. The van der Waals surface area contributed by atoms with Crippen molar-refractivity contribution in [2.75, 3.05) is 0 Å². The normalized spacial score (nSPS) is 13.4. The van der Waals surface area contributed by atoms with E-state index in [1.54, 1.807) is 0 Å². The predicted octanol–water partition coefficient (Wildman–Crippen LogP) is 3.52. The molecule has 6 heteroatoms. The standard InChI is InChI=1S/C16H22F2N4/c1-5-13-20-14(22-21-13)9-19-15(16(2,3)4)11-7-6-10(17)8-12(11)18/h6-8,15,19H,5,9H2,1-4H3,(H,20,21,22)/t15-/m1/s1. The van der Waals surface area contributed by atoms with Crippen molar-refractivity contribution in [1.29, 1.82) is 0 Å². The van der Waals surface area contributed by atoms with Gasteiger partial charge in [0.05, 0.1) is 6.54 Å². The number of aromatic nitrogens is 3. The van der Waals surface area contributed by atoms with Crippen molar-refractivity contribution in [2.24, 2.45) is 5.41 Å². The summed E-state index contributed by atoms with van der Waals surface area (Å²) < 4.78 is 27.2. The molecule has 0 radical (unpaired) electrons. The van der Waals surface area contributed by atoms with E-state index in [1.165, 1.54) is 12.1 Å². The molecule has 4 nitrogen and oxygen atoms in total. The highest BCUT2D eigenvalue weighted by Gasteiger charge is 2.28. The van der Waals surface area contributed by atoms with Gasteiger partial charge in [-0.2, -0.15) is 5.10 Å². The van der Waals surface area contributed by atoms with Gasteiger partial charge in [-0.05, 0) is 11.5 Å². The van der Waals surface area contributed by atoms with Crippen LogP contribution in [0.1, 0.15) is 50.9 Å². The predicted molar refractivity (Wildman–Crippen MR) is 81.2 cm³/mol. The van der Waals surface area contributed by atoms with Gasteiger partial charge >= 0.3 is 0 Å². The monoisotopic (exact) mass is 308 g/mol. The van der Waals surface area contributed by atoms with Crippen LogP contribution in [0.4, 0.5) is 8.78 Å². The van der Waals surface area contributed by atoms with Gasteiger partial charge in [-0.15, -0.1) is 0 Å². The Morgan fingerprint density at radius 2 is 2.00 bits per heavy atom. The zero-order valence-corrected chi connectivity index (χ0v) is 13.4. The number of aromatic amines is 1. The van der Waals surface area contributed by atoms with E-state index in [-0.39, 0.29) is 11.5 Å². The molecule has 2 N–H and O–H groups in total. The molecule has 1 atom stereocenters. The van der Waals surface area contributed by atoms with Crippen LogP contribution < -0.4 is 5.32 Å². The summed E-state index contributed by atoms with van der Waals surface area (Å²) in [6.45, 7) is 8.43. The highest BCUT2D eigenvalue weighted by molar-refractivity contribution is 5.24. The lowest BCUT2D eigenvalue weighted by Crippen LogP contribution is -2.33. The molecule has 2 aromatic rings. The molecule has 0 spiro atoms. The summed E-state index contributed by atoms with van der Waals surface area (Å²) in [7, 11) is 0. The Bertz CT molecular complexity index is 631. The molecule has 0 saturated carbocycles. The third kappa shape index (κ3) is 3.88. The second-order valence-corrected chi connectivity index (χ2v) is 6.40. The number of rotatable bonds is 5. The molecule has 0 aliphatic heterocycles. The second-order valence-electron chi connectivity index (χ2n) is 6.40. The molecular weight excluding hydrogens is 286 g/mol. The molecule has 0 bridgehead atoms. The lowest BCUT2D eigenvalue weighted by atomic mass is 9.82. The molecule has 120 valence electrons. The number of H-pyrrole nitrogens is 1. The van der Waals surface area contributed by atoms with E-state index < -0.39 is 11.6 Å². The van der Waals surface area contributed by atoms with Crippen molar-refractivity contribution in [3.63, 3.8) is 0 Å². The van der Waals surface area contributed by atoms with E-state index in [2.05, 4.69) is 20.5 Å². The average Bonchev–Trinajstić information content (AvgIpc) is 2.87. The third-order valence-corrected chi connectivity index (χ3v) is 3.51. The average molecular weight is 308 g/mol. The third-order valence-electron chi connectivity index (χ3n) is 3.51. The fourth-order valence-electron chi connectivity index (χ4n) is 2.39. The number of nitrogens with one attached hydrogen (secondary N) is 2. The van der Waals surface area contributed by atoms with Crippen molar-refractivity contribution in [3.8, 4) is 0 Å². The minimum atomic E-state index is -0.572. The van der Waals surface area contributed by atoms with Gasteiger partial charge in [0.2, 0.25) is 0 Å². The molecule has 1 heterocycles. The molecule has 1 aromatic carbocycles. The molecule has 0 saturated heterocycles. The Morgan fingerprint density at radius 1 is 1.27 bits per heavy atom. The number of hydrogen-bond donors (Lipinski definition) is 2. The summed E-state index contributed by atoms with van der Waals surface area (Å²) in [6, 6.07) is 3.41. The van der Waals surface area contributed by atoms with Crippen LogP contribution in [0.15, 0.2) is 18.2 Å². The Kier molecular flexibility index (Phi) is 4.90. The van der Waals surface area contributed by atoms with E-state index in [0.29, 0.717) is 17.9 Å². The van der Waals surface area contributed by atoms with E-state index in [0.717, 1.165) is 18.3 Å². The Hall–Kier alpha value is -1.82. The van der Waals surface area contributed by atoms with Crippen molar-refractivity contribution < 1.29 is 8.78 Å². The van der Waals surface area contributed by atoms with Gasteiger partial charge in [-0.25, -0.2) is 13.8 Å². The molecule has 0 amide bonds. The Morgan fingerprint density at radius 3 is 2.55 bits per heavy atom. The second kappa shape index (κ2) is 6.52. The fourth-order valence-corrected chi connectivity index (χ4v) is 2.39. The van der Waals surface area contributed by atoms with Gasteiger partial charge in [0.1, 0.15) is 23.3 Å². The summed E-state index contributed by atoms with van der Waals surface area (Å²) in [5, 5.41) is 10.2. The van der Waals surface area contributed by atoms with Crippen LogP contribution in [0.5, 0.6) is 0 Å². The SMILES string of the molecule is CCc1n[nH]c(CN[C@H](c2ccc(F)cc2F)C(C)(C)C)n1. The van der Waals surface area contributed by atoms with E-state index in [4.69, 9.17) is 0 Å². The zero-order chi connectivity index (χ0) is 16.3. The van der Waals surface area contributed by atoms with Gasteiger partial charge in [-0.1, -0.05) is 33.8 Å². The lowest BCUT2D eigenvalue weighted by Gasteiger charge is -2.32. The van der Waals surface area contributed by atoms with Crippen molar-refractivity contribution in [3.05, 3.63) is 47.0 Å². The summed E-state index contributed by atoms with van der Waals surface area (Å²) in [4.78, 5) is 4.33. The minimum Gasteiger partial charge on any atom is -0.302 e. The molecule has 22 heavy (non-hydrogen) atoms. The maximum atomic E-state index is 14.1. The maximum absolute atomic E-state index is 14.1. The minimum absolute atomic E-state index is 0.244. The first-order chi connectivity index (χ1) is 10.3. The topological polar surface area (TPSA) is 53.6 Å². The van der Waals surface area contributed by atoms with E-state index in [9.17, 15) is 8.78 Å². The van der Waals surface area contributed by atoms with Crippen LogP contribution in [0.25, 0.3) is 0 Å². The summed E-state index contributed by atoms with van der Waals surface area (Å²) in [5.74, 6) is 0.335. The molecule has 2 rings (SSSR count). The number of hydrogen-bond acceptors (Lipinski definition) is 3. The largest absolute Gasteiger partial charge is 0.302 e. The molecule has 1 aromatic heterocycles. The first kappa shape index (κ1) is 16.5. The quantitative estimate of drug-likeness (QED) is 0.888. The van der Waals surface area contributed by atoms with Gasteiger partial charge < -0.3 is 5.32 Å². The van der Waals surface area contributed by atoms with Crippen molar-refractivity contribution in [1.82, 2.24) is 20.5 Å². The molecule has 0 fully saturated rings. The van der Waals surface area contributed by atoms with Crippen LogP contribution in [-0.4, -0.2) is 15.2 Å². The zero-order valence-electron chi connectivity index (χ0n) is 13.4. The number of nitrogens with zero attached hydrogens (tertiary/aromatic N) is 2. The molecule has 0 unspecified atom stereocenters. The highest BCUT2D eigenvalue weighted by Crippen LogP contribution is 2.34. The fraction of sp³-hybridized carbons (Fsp3) is 0.500. The van der Waals surface area contributed by atoms with Gasteiger partial charge in [0, 0.05) is 24.1 Å². The first-order valence-electron chi connectivity index (χ1n) is 7.39. The summed E-state index contributed by atoms with van der Waals surface area (Å²) >= 11 is 0. The van der Waals surface area contributed by atoms with Gasteiger partial charge in [-0.3, -0.25) is 5.10 Å². The number of benzene rings is 1. The summed E-state index contributed by atoms with van der Waals surface area (Å²) in [6.07, 6.45) is 0.756. The van der Waals surface area contributed by atoms with E-state index in [1.807, 2.05) is 27.7 Å². The van der Waals surface area contributed by atoms with Gasteiger partial charge in [0.25, 0.3) is 0 Å². The van der Waals surface area contributed by atoms with Crippen LogP contribution in [-0.2, 0) is 13.0 Å². The van der Waals surface area contributed by atoms with Crippen LogP contribution in [0.3, 0.4) is 0 Å². The molecule has 0 aliphatic rings. The van der Waals surface area contributed by atoms with Crippen LogP contribution >= 0.6 is 0 Å². The highest BCUT2D eigenvalue weighted by atomic mass is 19.1. The van der Waals surface area contributed by atoms with Crippen molar-refractivity contribution >= 4 is 0 Å². The van der Waals surface area contributed by atoms with Crippen LogP contribution in [0.2, 0.25) is 0 Å². The van der Waals surface area contributed by atoms with E-state index >= 15 is 0 Å². The van der Waals surface area contributed by atoms with Crippen LogP contribution in [0, 0.1) is 17.0 Å². The maximum Gasteiger partial charge on any atom is 0.150 e.